The fraction of sp³-hybridized carbons (Fsp3) is 0.452. The molecule has 4 rings (SSSR count). The van der Waals surface area contributed by atoms with Crippen molar-refractivity contribution < 1.29 is 6.22 Å². The zero-order valence-electron chi connectivity index (χ0n) is 23.9. The maximum Gasteiger partial charge on any atom is 0.251 e. The van der Waals surface area contributed by atoms with Crippen LogP contribution in [0.5, 0.6) is 0 Å². The number of aromatic nitrogens is 2. The van der Waals surface area contributed by atoms with Crippen LogP contribution in [0.15, 0.2) is 54.5 Å². The highest BCUT2D eigenvalue weighted by molar-refractivity contribution is 5.96. The first-order valence-corrected chi connectivity index (χ1v) is 13.4. The summed E-state index contributed by atoms with van der Waals surface area (Å²) in [5.41, 5.74) is 6.46. The van der Waals surface area contributed by atoms with Crippen molar-refractivity contribution in [2.45, 2.75) is 66.8 Å². The molecule has 0 aliphatic carbocycles. The lowest BCUT2D eigenvalue weighted by Gasteiger charge is -2.35. The molecule has 0 spiro atoms. The SMILES string of the molecule is CC.[CH]=C[CH]CN1CCC(C2=CN(C(=O)/C=C(\C)c3cc(CC)c4nc(C)cn4c3)C(C)C=C2)CC1.[H]. The number of fused-ring (bicyclic) bond motifs is 1. The zero-order chi connectivity index (χ0) is 26.2. The summed E-state index contributed by atoms with van der Waals surface area (Å²) >= 11 is 0. The number of nitrogens with zero attached hydrogens (tertiary/aromatic N) is 4. The number of allylic oxidation sites excluding steroid dienone is 3. The van der Waals surface area contributed by atoms with Crippen molar-refractivity contribution in [2.75, 3.05) is 19.6 Å². The second-order valence-electron chi connectivity index (χ2n) is 9.53. The molecule has 1 unspecified atom stereocenters. The van der Waals surface area contributed by atoms with Crippen LogP contribution in [0, 0.1) is 25.8 Å². The standard InChI is InChI=1S/C29H36N4O.C2H6.H/c1-6-8-13-31-14-11-25(12-15-31)26-10-9-23(5)33(20-26)28(34)16-21(3)27-17-24(7-2)29-30-22(4)18-32(29)19-27;1-2;/h1,6,8-10,16-20,23,25H,7,11-15H2,2-5H3;1-2H3;/b6-1?,21-16+;;. The number of carbonyl (C=O) groups excluding carboxylic acids is 1. The molecule has 2 aromatic heterocycles. The van der Waals surface area contributed by atoms with E-state index in [1.807, 2.05) is 45.2 Å². The number of aryl methyl sites for hydroxylation is 2. The topological polar surface area (TPSA) is 40.8 Å². The molecular weight excluding hydrogens is 444 g/mol. The molecule has 0 aromatic carbocycles. The molecule has 36 heavy (non-hydrogen) atoms. The fourth-order valence-electron chi connectivity index (χ4n) is 4.94. The number of carbonyl (C=O) groups is 1. The maximum absolute atomic E-state index is 13.3. The van der Waals surface area contributed by atoms with Crippen LogP contribution in [0.3, 0.4) is 0 Å². The number of amides is 1. The van der Waals surface area contributed by atoms with Crippen LogP contribution in [-0.2, 0) is 11.2 Å². The molecule has 2 aliphatic rings. The van der Waals surface area contributed by atoms with E-state index in [1.165, 1.54) is 11.1 Å². The van der Waals surface area contributed by atoms with E-state index in [4.69, 9.17) is 6.58 Å². The second-order valence-corrected chi connectivity index (χ2v) is 9.53. The third kappa shape index (κ3) is 6.44. The van der Waals surface area contributed by atoms with Gasteiger partial charge in [0.1, 0.15) is 5.65 Å². The maximum atomic E-state index is 13.3. The van der Waals surface area contributed by atoms with Crippen LogP contribution in [0.25, 0.3) is 11.2 Å². The van der Waals surface area contributed by atoms with Crippen LogP contribution in [-0.4, -0.2) is 50.8 Å². The first-order valence-electron chi connectivity index (χ1n) is 13.4. The van der Waals surface area contributed by atoms with Crippen LogP contribution in [0.2, 0.25) is 0 Å². The number of imidazole rings is 1. The molecule has 2 aromatic rings. The summed E-state index contributed by atoms with van der Waals surface area (Å²) in [6, 6.07) is 2.20. The van der Waals surface area contributed by atoms with Gasteiger partial charge in [-0.05, 0) is 93.8 Å². The number of hydrogen-bond acceptors (Lipinski definition) is 3. The van der Waals surface area contributed by atoms with Gasteiger partial charge in [-0.3, -0.25) is 4.79 Å². The normalized spacial score (nSPS) is 19.2. The quantitative estimate of drug-likeness (QED) is 0.429. The molecule has 0 N–H and O–H groups in total. The Morgan fingerprint density at radius 1 is 1.25 bits per heavy atom. The lowest BCUT2D eigenvalue weighted by molar-refractivity contribution is -0.124. The van der Waals surface area contributed by atoms with Gasteiger partial charge >= 0.3 is 0 Å². The third-order valence-corrected chi connectivity index (χ3v) is 7.03. The number of pyridine rings is 1. The highest BCUT2D eigenvalue weighted by atomic mass is 16.2. The van der Waals surface area contributed by atoms with Crippen molar-refractivity contribution in [1.29, 1.82) is 0 Å². The number of rotatable bonds is 7. The molecule has 1 saturated heterocycles. The lowest BCUT2D eigenvalue weighted by Crippen LogP contribution is -2.37. The van der Waals surface area contributed by atoms with Gasteiger partial charge < -0.3 is 14.2 Å². The van der Waals surface area contributed by atoms with E-state index in [-0.39, 0.29) is 13.4 Å². The van der Waals surface area contributed by atoms with E-state index in [9.17, 15) is 4.79 Å². The van der Waals surface area contributed by atoms with Crippen molar-refractivity contribution in [3.05, 3.63) is 84.4 Å². The number of likely N-dealkylation sites (tertiary alicyclic amines) is 1. The van der Waals surface area contributed by atoms with Gasteiger partial charge in [-0.25, -0.2) is 4.98 Å². The van der Waals surface area contributed by atoms with Crippen molar-refractivity contribution in [3.8, 4) is 0 Å². The zero-order valence-corrected chi connectivity index (χ0v) is 22.9. The number of piperidine rings is 1. The summed E-state index contributed by atoms with van der Waals surface area (Å²) < 4.78 is 2.07. The molecule has 1 amide bonds. The monoisotopic (exact) mass is 487 g/mol. The van der Waals surface area contributed by atoms with Gasteiger partial charge in [0, 0.05) is 32.6 Å². The predicted molar refractivity (Wildman–Crippen MR) is 151 cm³/mol. The van der Waals surface area contributed by atoms with Crippen LogP contribution in [0.1, 0.15) is 65.7 Å². The Bertz CT molecular complexity index is 1150. The highest BCUT2D eigenvalue weighted by Crippen LogP contribution is 2.29. The van der Waals surface area contributed by atoms with E-state index in [0.717, 1.165) is 61.4 Å². The van der Waals surface area contributed by atoms with Gasteiger partial charge in [0.25, 0.3) is 5.91 Å². The first kappa shape index (κ1) is 27.7. The van der Waals surface area contributed by atoms with Crippen molar-refractivity contribution in [2.24, 2.45) is 5.92 Å². The summed E-state index contributed by atoms with van der Waals surface area (Å²) in [6.07, 6.45) is 19.1. The average Bonchev–Trinajstić information content (AvgIpc) is 3.28. The largest absolute Gasteiger partial charge is 0.309 e. The van der Waals surface area contributed by atoms with Crippen LogP contribution < -0.4 is 0 Å². The van der Waals surface area contributed by atoms with Gasteiger partial charge in [0.05, 0.1) is 11.7 Å². The molecule has 4 heterocycles. The Morgan fingerprint density at radius 2 is 1.97 bits per heavy atom. The van der Waals surface area contributed by atoms with Crippen LogP contribution in [0.4, 0.5) is 0 Å². The molecule has 5 nitrogen and oxygen atoms in total. The van der Waals surface area contributed by atoms with Crippen LogP contribution >= 0.6 is 0 Å². The highest BCUT2D eigenvalue weighted by Gasteiger charge is 2.25. The smallest absolute Gasteiger partial charge is 0.251 e. The van der Waals surface area contributed by atoms with E-state index < -0.39 is 0 Å². The summed E-state index contributed by atoms with van der Waals surface area (Å²) in [5, 5.41) is 0. The molecular formula is C31H43N4O. The Kier molecular flexibility index (Phi) is 9.89. The Balaban J connectivity index is 0.00000157. The van der Waals surface area contributed by atoms with E-state index in [0.29, 0.717) is 5.92 Å². The fourth-order valence-corrected chi connectivity index (χ4v) is 4.94. The third-order valence-electron chi connectivity index (χ3n) is 7.03. The minimum Gasteiger partial charge on any atom is -0.309 e. The molecule has 2 aliphatic heterocycles. The molecule has 193 valence electrons. The van der Waals surface area contributed by atoms with Gasteiger partial charge in [-0.15, -0.1) is 0 Å². The van der Waals surface area contributed by atoms with Gasteiger partial charge in [0.2, 0.25) is 0 Å². The molecule has 3 radical (unpaired) electrons. The summed E-state index contributed by atoms with van der Waals surface area (Å²) in [6.45, 7) is 20.7. The summed E-state index contributed by atoms with van der Waals surface area (Å²) in [5.74, 6) is 0.513. The van der Waals surface area contributed by atoms with E-state index in [1.54, 1.807) is 12.2 Å². The molecule has 5 heteroatoms. The van der Waals surface area contributed by atoms with Gasteiger partial charge in [-0.1, -0.05) is 45.6 Å². The van der Waals surface area contributed by atoms with Crippen molar-refractivity contribution >= 4 is 17.1 Å². The first-order chi connectivity index (χ1) is 17.4. The molecule has 1 fully saturated rings. The Hall–Kier alpha value is -2.92. The van der Waals surface area contributed by atoms with Crippen molar-refractivity contribution in [1.82, 2.24) is 19.2 Å². The van der Waals surface area contributed by atoms with Gasteiger partial charge in [0.15, 0.2) is 0 Å². The molecule has 0 saturated carbocycles. The van der Waals surface area contributed by atoms with E-state index in [2.05, 4.69) is 58.7 Å². The molecule has 1 atom stereocenters. The minimum atomic E-state index is 0. The lowest BCUT2D eigenvalue weighted by atomic mass is 9.87. The molecule has 0 bridgehead atoms. The summed E-state index contributed by atoms with van der Waals surface area (Å²) in [4.78, 5) is 22.3. The van der Waals surface area contributed by atoms with Gasteiger partial charge in [-0.2, -0.15) is 0 Å². The second kappa shape index (κ2) is 12.9. The summed E-state index contributed by atoms with van der Waals surface area (Å²) in [7, 11) is 0. The van der Waals surface area contributed by atoms with Crippen molar-refractivity contribution in [3.63, 3.8) is 0 Å². The Labute approximate surface area is 219 Å². The minimum absolute atomic E-state index is 0. The average molecular weight is 488 g/mol. The predicted octanol–water partition coefficient (Wildman–Crippen LogP) is 6.32. The van der Waals surface area contributed by atoms with E-state index >= 15 is 0 Å². The number of hydrogen-bond donors (Lipinski definition) is 0. The Morgan fingerprint density at radius 3 is 2.64 bits per heavy atom.